The van der Waals surface area contributed by atoms with Crippen LogP contribution in [0.25, 0.3) is 0 Å². The van der Waals surface area contributed by atoms with Gasteiger partial charge in [-0.25, -0.2) is 0 Å². The lowest BCUT2D eigenvalue weighted by molar-refractivity contribution is 0.407. The van der Waals surface area contributed by atoms with Crippen LogP contribution in [0.4, 0.5) is 0 Å². The van der Waals surface area contributed by atoms with E-state index in [1.807, 2.05) is 31.2 Å². The van der Waals surface area contributed by atoms with Gasteiger partial charge in [-0.2, -0.15) is 0 Å². The highest BCUT2D eigenvalue weighted by atomic mass is 35.5. The van der Waals surface area contributed by atoms with Crippen molar-refractivity contribution in [3.05, 3.63) is 58.4 Å². The first-order valence-corrected chi connectivity index (χ1v) is 6.01. The molecule has 1 aromatic carbocycles. The lowest BCUT2D eigenvalue weighted by Gasteiger charge is -2.16. The highest BCUT2D eigenvalue weighted by molar-refractivity contribution is 6.30. The Labute approximate surface area is 112 Å². The zero-order valence-electron chi connectivity index (χ0n) is 10.4. The Morgan fingerprint density at radius 2 is 2.06 bits per heavy atom. The van der Waals surface area contributed by atoms with Crippen LogP contribution in [-0.4, -0.2) is 12.1 Å². The summed E-state index contributed by atoms with van der Waals surface area (Å²) in [6.07, 6.45) is 1.75. The summed E-state index contributed by atoms with van der Waals surface area (Å²) in [5.74, 6) is 0.718. The molecule has 0 aliphatic rings. The average molecular weight is 263 g/mol. The Balaban J connectivity index is 2.44. The quantitative estimate of drug-likeness (QED) is 0.925. The van der Waals surface area contributed by atoms with Gasteiger partial charge < -0.3 is 10.5 Å². The number of hydrogen-bond acceptors (Lipinski definition) is 3. The Kier molecular flexibility index (Phi) is 3.84. The molecule has 0 aliphatic heterocycles. The molecule has 0 fully saturated rings. The summed E-state index contributed by atoms with van der Waals surface area (Å²) in [7, 11) is 1.61. The molecule has 1 unspecified atom stereocenters. The van der Waals surface area contributed by atoms with E-state index in [4.69, 9.17) is 22.1 Å². The van der Waals surface area contributed by atoms with E-state index in [0.717, 1.165) is 22.6 Å². The fraction of sp³-hybridized carbons (Fsp3) is 0.214. The number of nitrogens with two attached hydrogens (primary N) is 1. The number of nitrogens with zero attached hydrogens (tertiary/aromatic N) is 1. The summed E-state index contributed by atoms with van der Waals surface area (Å²) >= 11 is 6.01. The van der Waals surface area contributed by atoms with Gasteiger partial charge in [0.05, 0.1) is 18.8 Å². The minimum absolute atomic E-state index is 0.349. The molecule has 1 aromatic heterocycles. The van der Waals surface area contributed by atoms with Gasteiger partial charge in [-0.15, -0.1) is 0 Å². The van der Waals surface area contributed by atoms with E-state index in [1.54, 1.807) is 19.4 Å². The van der Waals surface area contributed by atoms with Gasteiger partial charge in [0.15, 0.2) is 0 Å². The SMILES string of the molecule is COc1ccc(Cl)cc1C(N)c1cc(C)ccn1. The van der Waals surface area contributed by atoms with Crippen LogP contribution in [0.5, 0.6) is 5.75 Å². The second-order valence-electron chi connectivity index (χ2n) is 4.12. The number of methoxy groups -OCH3 is 1. The number of benzene rings is 1. The monoisotopic (exact) mass is 262 g/mol. The van der Waals surface area contributed by atoms with E-state index >= 15 is 0 Å². The van der Waals surface area contributed by atoms with E-state index in [2.05, 4.69) is 4.98 Å². The van der Waals surface area contributed by atoms with Crippen LogP contribution in [0.3, 0.4) is 0 Å². The molecule has 0 saturated heterocycles. The van der Waals surface area contributed by atoms with E-state index < -0.39 is 0 Å². The molecule has 0 aliphatic carbocycles. The van der Waals surface area contributed by atoms with Gasteiger partial charge in [0.2, 0.25) is 0 Å². The third-order valence-corrected chi connectivity index (χ3v) is 3.02. The molecule has 0 amide bonds. The third kappa shape index (κ3) is 2.63. The van der Waals surface area contributed by atoms with Gasteiger partial charge in [0, 0.05) is 16.8 Å². The number of halogens is 1. The van der Waals surface area contributed by atoms with Gasteiger partial charge in [0.1, 0.15) is 5.75 Å². The molecular formula is C14H15ClN2O. The molecule has 1 heterocycles. The van der Waals surface area contributed by atoms with Gasteiger partial charge in [-0.1, -0.05) is 11.6 Å². The predicted molar refractivity (Wildman–Crippen MR) is 73.0 cm³/mol. The lowest BCUT2D eigenvalue weighted by Crippen LogP contribution is -2.14. The van der Waals surface area contributed by atoms with Crippen LogP contribution < -0.4 is 10.5 Å². The second-order valence-corrected chi connectivity index (χ2v) is 4.56. The molecule has 94 valence electrons. The minimum atomic E-state index is -0.349. The first kappa shape index (κ1) is 12.9. The molecule has 2 rings (SSSR count). The summed E-state index contributed by atoms with van der Waals surface area (Å²) in [6, 6.07) is 8.96. The topological polar surface area (TPSA) is 48.1 Å². The summed E-state index contributed by atoms with van der Waals surface area (Å²) in [5.41, 5.74) is 8.99. The Bertz CT molecular complexity index is 557. The largest absolute Gasteiger partial charge is 0.496 e. The van der Waals surface area contributed by atoms with Crippen molar-refractivity contribution in [3.63, 3.8) is 0 Å². The first-order valence-electron chi connectivity index (χ1n) is 5.63. The van der Waals surface area contributed by atoms with Crippen LogP contribution in [0.1, 0.15) is 22.9 Å². The molecule has 18 heavy (non-hydrogen) atoms. The fourth-order valence-corrected chi connectivity index (χ4v) is 2.02. The molecule has 0 saturated carbocycles. The van der Waals surface area contributed by atoms with E-state index in [9.17, 15) is 0 Å². The molecule has 4 heteroatoms. The third-order valence-electron chi connectivity index (χ3n) is 2.78. The molecule has 3 nitrogen and oxygen atoms in total. The zero-order chi connectivity index (χ0) is 13.1. The summed E-state index contributed by atoms with van der Waals surface area (Å²) in [5, 5.41) is 0.633. The number of rotatable bonds is 3. The van der Waals surface area contributed by atoms with E-state index in [1.165, 1.54) is 0 Å². The average Bonchev–Trinajstić information content (AvgIpc) is 2.38. The highest BCUT2D eigenvalue weighted by Crippen LogP contribution is 2.30. The second kappa shape index (κ2) is 5.38. The predicted octanol–water partition coefficient (Wildman–Crippen LogP) is 3.10. The first-order chi connectivity index (χ1) is 8.61. The summed E-state index contributed by atoms with van der Waals surface area (Å²) < 4.78 is 5.31. The van der Waals surface area contributed by atoms with Crippen LogP contribution >= 0.6 is 11.6 Å². The fourth-order valence-electron chi connectivity index (χ4n) is 1.84. The molecule has 0 radical (unpaired) electrons. The highest BCUT2D eigenvalue weighted by Gasteiger charge is 2.15. The normalized spacial score (nSPS) is 12.2. The van der Waals surface area contributed by atoms with Crippen molar-refractivity contribution in [1.29, 1.82) is 0 Å². The van der Waals surface area contributed by atoms with Gasteiger partial charge in [0.25, 0.3) is 0 Å². The van der Waals surface area contributed by atoms with Crippen molar-refractivity contribution in [1.82, 2.24) is 4.98 Å². The number of hydrogen-bond donors (Lipinski definition) is 1. The zero-order valence-corrected chi connectivity index (χ0v) is 11.1. The molecule has 0 spiro atoms. The maximum absolute atomic E-state index is 6.23. The van der Waals surface area contributed by atoms with Gasteiger partial charge in [-0.05, 0) is 42.8 Å². The van der Waals surface area contributed by atoms with Crippen molar-refractivity contribution >= 4 is 11.6 Å². The summed E-state index contributed by atoms with van der Waals surface area (Å²) in [6.45, 7) is 2.01. The smallest absolute Gasteiger partial charge is 0.124 e. The Morgan fingerprint density at radius 1 is 1.28 bits per heavy atom. The molecular weight excluding hydrogens is 248 g/mol. The van der Waals surface area contributed by atoms with Crippen LogP contribution in [0.15, 0.2) is 36.5 Å². The standard InChI is InChI=1S/C14H15ClN2O/c1-9-5-6-17-12(7-9)14(16)11-8-10(15)3-4-13(11)18-2/h3-8,14H,16H2,1-2H3. The summed E-state index contributed by atoms with van der Waals surface area (Å²) in [4.78, 5) is 4.30. The van der Waals surface area contributed by atoms with Crippen LogP contribution in [0.2, 0.25) is 5.02 Å². The number of pyridine rings is 1. The van der Waals surface area contributed by atoms with Crippen molar-refractivity contribution in [2.75, 3.05) is 7.11 Å². The van der Waals surface area contributed by atoms with Crippen molar-refractivity contribution in [3.8, 4) is 5.75 Å². The minimum Gasteiger partial charge on any atom is -0.496 e. The maximum atomic E-state index is 6.23. The van der Waals surface area contributed by atoms with E-state index in [0.29, 0.717) is 5.02 Å². The van der Waals surface area contributed by atoms with Gasteiger partial charge >= 0.3 is 0 Å². The molecule has 1 atom stereocenters. The molecule has 2 N–H and O–H groups in total. The van der Waals surface area contributed by atoms with Crippen molar-refractivity contribution in [2.45, 2.75) is 13.0 Å². The Morgan fingerprint density at radius 3 is 2.72 bits per heavy atom. The van der Waals surface area contributed by atoms with Crippen LogP contribution in [-0.2, 0) is 0 Å². The van der Waals surface area contributed by atoms with E-state index in [-0.39, 0.29) is 6.04 Å². The molecule has 2 aromatic rings. The Hall–Kier alpha value is -1.58. The number of aromatic nitrogens is 1. The number of aryl methyl sites for hydroxylation is 1. The van der Waals surface area contributed by atoms with Gasteiger partial charge in [-0.3, -0.25) is 4.98 Å². The van der Waals surface area contributed by atoms with Crippen molar-refractivity contribution in [2.24, 2.45) is 5.73 Å². The number of ether oxygens (including phenoxy) is 1. The van der Waals surface area contributed by atoms with Crippen molar-refractivity contribution < 1.29 is 4.74 Å². The lowest BCUT2D eigenvalue weighted by atomic mass is 10.0. The molecule has 0 bridgehead atoms. The maximum Gasteiger partial charge on any atom is 0.124 e. The van der Waals surface area contributed by atoms with Crippen LogP contribution in [0, 0.1) is 6.92 Å².